The second-order valence-corrected chi connectivity index (χ2v) is 4.58. The maximum Gasteiger partial charge on any atom is 0.283 e. The number of nitro benzene ring substituents is 1. The molecule has 0 saturated carbocycles. The Hall–Kier alpha value is -1.37. The molecule has 1 fully saturated rings. The van der Waals surface area contributed by atoms with Crippen molar-refractivity contribution in [2.45, 2.75) is 6.04 Å². The Bertz CT molecular complexity index is 506. The highest BCUT2D eigenvalue weighted by Crippen LogP contribution is 2.25. The third kappa shape index (κ3) is 3.15. The van der Waals surface area contributed by atoms with Crippen LogP contribution in [0.1, 0.15) is 10.4 Å². The second kappa shape index (κ2) is 6.18. The Kier molecular flexibility index (Phi) is 5.11. The van der Waals surface area contributed by atoms with Gasteiger partial charge < -0.3 is 10.2 Å². The summed E-state index contributed by atoms with van der Waals surface area (Å²) in [7, 11) is 1.65. The summed E-state index contributed by atoms with van der Waals surface area (Å²) in [6.45, 7) is 1.42. The summed E-state index contributed by atoms with van der Waals surface area (Å²) in [6.07, 6.45) is 0. The summed E-state index contributed by atoms with van der Waals surface area (Å²) >= 11 is 5.71. The molecule has 8 heteroatoms. The van der Waals surface area contributed by atoms with Crippen molar-refractivity contribution in [3.05, 3.63) is 38.9 Å². The molecule has 104 valence electrons. The first-order valence-corrected chi connectivity index (χ1v) is 5.80. The van der Waals surface area contributed by atoms with Gasteiger partial charge in [-0.2, -0.15) is 0 Å². The lowest BCUT2D eigenvalue weighted by atomic mass is 10.1. The van der Waals surface area contributed by atoms with Gasteiger partial charge in [0.15, 0.2) is 0 Å². The number of carbonyl (C=O) groups excluding carboxylic acids is 1. The minimum Gasteiger partial charge on any atom is -0.336 e. The van der Waals surface area contributed by atoms with E-state index in [0.29, 0.717) is 13.1 Å². The van der Waals surface area contributed by atoms with Crippen LogP contribution >= 0.6 is 24.0 Å². The molecule has 19 heavy (non-hydrogen) atoms. The smallest absolute Gasteiger partial charge is 0.283 e. The molecule has 0 radical (unpaired) electrons. The zero-order chi connectivity index (χ0) is 13.3. The number of carbonyl (C=O) groups is 1. The third-order valence-electron chi connectivity index (χ3n) is 3.01. The second-order valence-electron chi connectivity index (χ2n) is 4.15. The van der Waals surface area contributed by atoms with Gasteiger partial charge in [0.1, 0.15) is 5.56 Å². The van der Waals surface area contributed by atoms with Crippen LogP contribution in [-0.2, 0) is 0 Å². The van der Waals surface area contributed by atoms with Gasteiger partial charge in [-0.15, -0.1) is 12.4 Å². The molecule has 0 bridgehead atoms. The predicted molar refractivity (Wildman–Crippen MR) is 74.1 cm³/mol. The first kappa shape index (κ1) is 15.7. The van der Waals surface area contributed by atoms with Crippen LogP contribution in [0.3, 0.4) is 0 Å². The topological polar surface area (TPSA) is 75.5 Å². The minimum absolute atomic E-state index is 0. The van der Waals surface area contributed by atoms with Crippen LogP contribution in [-0.4, -0.2) is 41.9 Å². The van der Waals surface area contributed by atoms with Gasteiger partial charge in [-0.25, -0.2) is 0 Å². The Labute approximate surface area is 121 Å². The van der Waals surface area contributed by atoms with Gasteiger partial charge >= 0.3 is 0 Å². The Balaban J connectivity index is 0.00000180. The first-order chi connectivity index (χ1) is 8.50. The molecule has 0 atom stereocenters. The summed E-state index contributed by atoms with van der Waals surface area (Å²) in [5.41, 5.74) is -0.189. The maximum atomic E-state index is 12.2. The summed E-state index contributed by atoms with van der Waals surface area (Å²) in [6, 6.07) is 4.16. The number of halogens is 2. The number of hydrogen-bond donors (Lipinski definition) is 1. The van der Waals surface area contributed by atoms with Crippen molar-refractivity contribution in [2.75, 3.05) is 20.1 Å². The van der Waals surface area contributed by atoms with Crippen LogP contribution in [0.15, 0.2) is 18.2 Å². The monoisotopic (exact) mass is 305 g/mol. The summed E-state index contributed by atoms with van der Waals surface area (Å²) in [5, 5.41) is 14.2. The van der Waals surface area contributed by atoms with E-state index in [4.69, 9.17) is 11.6 Å². The van der Waals surface area contributed by atoms with Crippen LogP contribution in [0.4, 0.5) is 5.69 Å². The molecule has 1 N–H and O–H groups in total. The molecule has 1 amide bonds. The number of hydrogen-bond acceptors (Lipinski definition) is 4. The van der Waals surface area contributed by atoms with Crippen molar-refractivity contribution < 1.29 is 9.72 Å². The Morgan fingerprint density at radius 1 is 1.53 bits per heavy atom. The molecule has 0 unspecified atom stereocenters. The molecular formula is C11H13Cl2N3O3. The van der Waals surface area contributed by atoms with Gasteiger partial charge in [-0.05, 0) is 12.1 Å². The lowest BCUT2D eigenvalue weighted by Gasteiger charge is -2.35. The van der Waals surface area contributed by atoms with Crippen molar-refractivity contribution in [3.63, 3.8) is 0 Å². The molecule has 6 nitrogen and oxygen atoms in total. The van der Waals surface area contributed by atoms with Gasteiger partial charge in [0.2, 0.25) is 0 Å². The highest BCUT2D eigenvalue weighted by Gasteiger charge is 2.29. The zero-order valence-electron chi connectivity index (χ0n) is 10.1. The molecule has 1 aromatic rings. The van der Waals surface area contributed by atoms with Gasteiger partial charge in [0.05, 0.1) is 11.0 Å². The van der Waals surface area contributed by atoms with E-state index < -0.39 is 4.92 Å². The molecule has 1 aromatic carbocycles. The highest BCUT2D eigenvalue weighted by atomic mass is 35.5. The van der Waals surface area contributed by atoms with E-state index in [1.54, 1.807) is 7.05 Å². The predicted octanol–water partition coefficient (Wildman–Crippen LogP) is 1.71. The molecule has 0 aromatic heterocycles. The SMILES string of the molecule is CN(C(=O)c1ccc(Cl)cc1[N+](=O)[O-])C1CNC1.Cl. The first-order valence-electron chi connectivity index (χ1n) is 5.42. The third-order valence-corrected chi connectivity index (χ3v) is 3.25. The van der Waals surface area contributed by atoms with Gasteiger partial charge in [-0.3, -0.25) is 14.9 Å². The standard InChI is InChI=1S/C11H12ClN3O3.ClH/c1-14(8-5-13-6-8)11(16)9-3-2-7(12)4-10(9)15(17)18;/h2-4,8,13H,5-6H2,1H3;1H. The summed E-state index contributed by atoms with van der Waals surface area (Å²) < 4.78 is 0. The molecule has 1 heterocycles. The zero-order valence-corrected chi connectivity index (χ0v) is 11.7. The highest BCUT2D eigenvalue weighted by molar-refractivity contribution is 6.31. The number of amides is 1. The van der Waals surface area contributed by atoms with E-state index in [9.17, 15) is 14.9 Å². The molecule has 0 spiro atoms. The number of rotatable bonds is 3. The maximum absolute atomic E-state index is 12.2. The lowest BCUT2D eigenvalue weighted by Crippen LogP contribution is -2.57. The van der Waals surface area contributed by atoms with Gasteiger partial charge in [-0.1, -0.05) is 11.6 Å². The van der Waals surface area contributed by atoms with E-state index >= 15 is 0 Å². The fourth-order valence-electron chi connectivity index (χ4n) is 1.74. The van der Waals surface area contributed by atoms with Crippen LogP contribution in [0.5, 0.6) is 0 Å². The van der Waals surface area contributed by atoms with E-state index in [1.807, 2.05) is 0 Å². The van der Waals surface area contributed by atoms with Crippen LogP contribution in [0.2, 0.25) is 5.02 Å². The van der Waals surface area contributed by atoms with E-state index in [-0.39, 0.29) is 40.6 Å². The fraction of sp³-hybridized carbons (Fsp3) is 0.364. The quantitative estimate of drug-likeness (QED) is 0.681. The number of likely N-dealkylation sites (N-methyl/N-ethyl adjacent to an activating group) is 1. The number of nitrogens with one attached hydrogen (secondary N) is 1. The van der Waals surface area contributed by atoms with Crippen LogP contribution in [0, 0.1) is 10.1 Å². The molecule has 0 aliphatic carbocycles. The lowest BCUT2D eigenvalue weighted by molar-refractivity contribution is -0.385. The van der Waals surface area contributed by atoms with Crippen molar-refractivity contribution in [1.82, 2.24) is 10.2 Å². The normalized spacial score (nSPS) is 14.2. The van der Waals surface area contributed by atoms with Gasteiger partial charge in [0, 0.05) is 31.2 Å². The van der Waals surface area contributed by atoms with E-state index in [0.717, 1.165) is 0 Å². The van der Waals surface area contributed by atoms with Crippen molar-refractivity contribution >= 4 is 35.6 Å². The Morgan fingerprint density at radius 3 is 2.63 bits per heavy atom. The summed E-state index contributed by atoms with van der Waals surface area (Å²) in [5.74, 6) is -0.357. The van der Waals surface area contributed by atoms with Gasteiger partial charge in [0.25, 0.3) is 11.6 Å². The average Bonchev–Trinajstić information content (AvgIpc) is 2.25. The van der Waals surface area contributed by atoms with E-state index in [2.05, 4.69) is 5.32 Å². The minimum atomic E-state index is -0.591. The summed E-state index contributed by atoms with van der Waals surface area (Å²) in [4.78, 5) is 24.0. The molecule has 1 aliphatic rings. The van der Waals surface area contributed by atoms with Crippen LogP contribution < -0.4 is 5.32 Å². The van der Waals surface area contributed by atoms with Crippen molar-refractivity contribution in [1.29, 1.82) is 0 Å². The van der Waals surface area contributed by atoms with Crippen molar-refractivity contribution in [3.8, 4) is 0 Å². The largest absolute Gasteiger partial charge is 0.336 e. The fourth-order valence-corrected chi connectivity index (χ4v) is 1.91. The number of benzene rings is 1. The molecule has 2 rings (SSSR count). The van der Waals surface area contributed by atoms with Crippen LogP contribution in [0.25, 0.3) is 0 Å². The molecular weight excluding hydrogens is 293 g/mol. The average molecular weight is 306 g/mol. The molecule has 1 aliphatic heterocycles. The number of nitrogens with zero attached hydrogens (tertiary/aromatic N) is 2. The Morgan fingerprint density at radius 2 is 2.16 bits per heavy atom. The number of nitro groups is 1. The molecule has 1 saturated heterocycles. The van der Waals surface area contributed by atoms with Crippen molar-refractivity contribution in [2.24, 2.45) is 0 Å². The van der Waals surface area contributed by atoms with E-state index in [1.165, 1.54) is 23.1 Å².